The molecule has 0 amide bonds. The van der Waals surface area contributed by atoms with Gasteiger partial charge in [-0.15, -0.1) is 0 Å². The zero-order valence-corrected chi connectivity index (χ0v) is 27.5. The lowest BCUT2D eigenvalue weighted by Crippen LogP contribution is -2.10. The standard InChI is InChI=1S/C47H30N2O2/c1-3-11-31(12-4-1)35-17-9-18-37(27-35)49(36-23-21-33(22-24-36)40-20-10-16-32-13-7-8-19-39(32)40)38-25-26-41-42-29-46-43(30-45(42)50-44(41)28-38)48-47(51-46)34-14-5-2-6-15-34/h1-30H. The molecule has 0 bridgehead atoms. The van der Waals surface area contributed by atoms with Crippen LogP contribution in [0.4, 0.5) is 17.1 Å². The van der Waals surface area contributed by atoms with Crippen LogP contribution in [-0.4, -0.2) is 4.98 Å². The maximum Gasteiger partial charge on any atom is 0.227 e. The number of furan rings is 1. The van der Waals surface area contributed by atoms with Gasteiger partial charge in [-0.2, -0.15) is 0 Å². The van der Waals surface area contributed by atoms with Crippen molar-refractivity contribution in [3.05, 3.63) is 182 Å². The Hall–Kier alpha value is -6.91. The highest BCUT2D eigenvalue weighted by molar-refractivity contribution is 6.10. The molecule has 0 spiro atoms. The fraction of sp³-hybridized carbons (Fsp3) is 0. The van der Waals surface area contributed by atoms with Crippen LogP contribution >= 0.6 is 0 Å². The average molecular weight is 655 g/mol. The molecule has 2 heterocycles. The van der Waals surface area contributed by atoms with Crippen molar-refractivity contribution in [3.63, 3.8) is 0 Å². The van der Waals surface area contributed by atoms with E-state index in [2.05, 4.69) is 144 Å². The summed E-state index contributed by atoms with van der Waals surface area (Å²) in [5, 5.41) is 4.50. The van der Waals surface area contributed by atoms with Crippen LogP contribution in [0.15, 0.2) is 191 Å². The molecule has 0 fully saturated rings. The number of rotatable bonds is 6. The zero-order valence-electron chi connectivity index (χ0n) is 27.5. The lowest BCUT2D eigenvalue weighted by atomic mass is 9.98. The van der Waals surface area contributed by atoms with E-state index in [0.29, 0.717) is 5.89 Å². The van der Waals surface area contributed by atoms with Crippen LogP contribution in [0.25, 0.3) is 77.5 Å². The van der Waals surface area contributed by atoms with Gasteiger partial charge in [0.25, 0.3) is 0 Å². The van der Waals surface area contributed by atoms with Crippen LogP contribution < -0.4 is 4.90 Å². The van der Waals surface area contributed by atoms with Crippen molar-refractivity contribution in [2.24, 2.45) is 0 Å². The molecule has 0 saturated carbocycles. The minimum absolute atomic E-state index is 0.602. The third-order valence-corrected chi connectivity index (χ3v) is 9.68. The Morgan fingerprint density at radius 3 is 1.88 bits per heavy atom. The third kappa shape index (κ3) is 5.13. The number of nitrogens with zero attached hydrogens (tertiary/aromatic N) is 2. The molecule has 0 saturated heterocycles. The SMILES string of the molecule is c1ccc(-c2cccc(N(c3ccc(-c4cccc5ccccc45)cc3)c3ccc4c(c3)oc3cc5nc(-c6ccccc6)oc5cc34)c2)cc1. The second kappa shape index (κ2) is 11.9. The van der Waals surface area contributed by atoms with Crippen molar-refractivity contribution in [1.82, 2.24) is 4.98 Å². The number of hydrogen-bond donors (Lipinski definition) is 0. The molecule has 10 rings (SSSR count). The molecular weight excluding hydrogens is 625 g/mol. The Kier molecular flexibility index (Phi) is 6.78. The maximum atomic E-state index is 6.54. The molecule has 240 valence electrons. The van der Waals surface area contributed by atoms with E-state index in [9.17, 15) is 0 Å². The van der Waals surface area contributed by atoms with Crippen LogP contribution in [-0.2, 0) is 0 Å². The highest BCUT2D eigenvalue weighted by Crippen LogP contribution is 2.41. The van der Waals surface area contributed by atoms with Crippen LogP contribution in [0.5, 0.6) is 0 Å². The van der Waals surface area contributed by atoms with E-state index >= 15 is 0 Å². The minimum atomic E-state index is 0.602. The third-order valence-electron chi connectivity index (χ3n) is 9.68. The van der Waals surface area contributed by atoms with Crippen LogP contribution in [0.1, 0.15) is 0 Å². The topological polar surface area (TPSA) is 42.4 Å². The second-order valence-electron chi connectivity index (χ2n) is 12.8. The van der Waals surface area contributed by atoms with Gasteiger partial charge in [0.05, 0.1) is 0 Å². The summed E-state index contributed by atoms with van der Waals surface area (Å²) in [7, 11) is 0. The Bertz CT molecular complexity index is 2850. The Morgan fingerprint density at radius 1 is 0.373 bits per heavy atom. The summed E-state index contributed by atoms with van der Waals surface area (Å²) in [4.78, 5) is 7.07. The number of oxazole rings is 1. The molecule has 0 aliphatic carbocycles. The highest BCUT2D eigenvalue weighted by Gasteiger charge is 2.18. The van der Waals surface area contributed by atoms with Gasteiger partial charge in [0.2, 0.25) is 5.89 Å². The average Bonchev–Trinajstić information content (AvgIpc) is 3.78. The van der Waals surface area contributed by atoms with E-state index in [1.807, 2.05) is 42.5 Å². The highest BCUT2D eigenvalue weighted by atomic mass is 16.4. The first-order valence-electron chi connectivity index (χ1n) is 17.1. The van der Waals surface area contributed by atoms with Crippen LogP contribution in [0, 0.1) is 0 Å². The first-order valence-corrected chi connectivity index (χ1v) is 17.1. The summed E-state index contributed by atoms with van der Waals surface area (Å²) >= 11 is 0. The van der Waals surface area contributed by atoms with Crippen molar-refractivity contribution < 1.29 is 8.83 Å². The van der Waals surface area contributed by atoms with Gasteiger partial charge in [0.15, 0.2) is 5.58 Å². The first kappa shape index (κ1) is 29.0. The fourth-order valence-electron chi connectivity index (χ4n) is 7.20. The lowest BCUT2D eigenvalue weighted by Gasteiger charge is -2.26. The summed E-state index contributed by atoms with van der Waals surface area (Å²) < 4.78 is 12.8. The van der Waals surface area contributed by atoms with Crippen molar-refractivity contribution in [1.29, 1.82) is 0 Å². The molecule has 0 N–H and O–H groups in total. The summed E-state index contributed by atoms with van der Waals surface area (Å²) in [5.74, 6) is 0.602. The fourth-order valence-corrected chi connectivity index (χ4v) is 7.20. The van der Waals surface area contributed by atoms with Gasteiger partial charge in [-0.25, -0.2) is 4.98 Å². The predicted octanol–water partition coefficient (Wildman–Crippen LogP) is 13.4. The van der Waals surface area contributed by atoms with Crippen LogP contribution in [0.2, 0.25) is 0 Å². The minimum Gasteiger partial charge on any atom is -0.456 e. The van der Waals surface area contributed by atoms with Crippen molar-refractivity contribution in [2.45, 2.75) is 0 Å². The monoisotopic (exact) mass is 654 g/mol. The van der Waals surface area contributed by atoms with Gasteiger partial charge in [-0.3, -0.25) is 0 Å². The van der Waals surface area contributed by atoms with Crippen molar-refractivity contribution in [3.8, 4) is 33.7 Å². The van der Waals surface area contributed by atoms with Gasteiger partial charge in [0.1, 0.15) is 16.7 Å². The van der Waals surface area contributed by atoms with Gasteiger partial charge in [0, 0.05) is 45.5 Å². The van der Waals surface area contributed by atoms with Gasteiger partial charge in [-0.1, -0.05) is 115 Å². The molecule has 2 aromatic heterocycles. The summed E-state index contributed by atoms with van der Waals surface area (Å²) in [5.41, 5.74) is 11.9. The normalized spacial score (nSPS) is 11.5. The first-order chi connectivity index (χ1) is 25.2. The molecule has 51 heavy (non-hydrogen) atoms. The number of anilines is 3. The quantitative estimate of drug-likeness (QED) is 0.179. The molecule has 0 atom stereocenters. The molecule has 0 aliphatic rings. The van der Waals surface area contributed by atoms with Crippen molar-refractivity contribution >= 4 is 60.9 Å². The number of aromatic nitrogens is 1. The maximum absolute atomic E-state index is 6.54. The smallest absolute Gasteiger partial charge is 0.227 e. The van der Waals surface area contributed by atoms with Crippen molar-refractivity contribution in [2.75, 3.05) is 4.90 Å². The van der Waals surface area contributed by atoms with Gasteiger partial charge < -0.3 is 13.7 Å². The van der Waals surface area contributed by atoms with E-state index in [4.69, 9.17) is 13.8 Å². The van der Waals surface area contributed by atoms with E-state index in [-0.39, 0.29) is 0 Å². The summed E-state index contributed by atoms with van der Waals surface area (Å²) in [6.45, 7) is 0. The number of fused-ring (bicyclic) bond motifs is 5. The molecular formula is C47H30N2O2. The summed E-state index contributed by atoms with van der Waals surface area (Å²) in [6, 6.07) is 63.6. The zero-order chi connectivity index (χ0) is 33.7. The lowest BCUT2D eigenvalue weighted by molar-refractivity contribution is 0.620. The summed E-state index contributed by atoms with van der Waals surface area (Å²) in [6.07, 6.45) is 0. The molecule has 0 aliphatic heterocycles. The number of benzene rings is 8. The van der Waals surface area contributed by atoms with E-state index in [1.54, 1.807) is 0 Å². The molecule has 4 nitrogen and oxygen atoms in total. The molecule has 8 aromatic carbocycles. The van der Waals surface area contributed by atoms with E-state index in [1.165, 1.54) is 27.5 Å². The van der Waals surface area contributed by atoms with Gasteiger partial charge >= 0.3 is 0 Å². The molecule has 0 radical (unpaired) electrons. The Morgan fingerprint density at radius 2 is 1.04 bits per heavy atom. The van der Waals surface area contributed by atoms with Crippen LogP contribution in [0.3, 0.4) is 0 Å². The largest absolute Gasteiger partial charge is 0.456 e. The Labute approximate surface area is 294 Å². The molecule has 4 heteroatoms. The second-order valence-corrected chi connectivity index (χ2v) is 12.8. The van der Waals surface area contributed by atoms with E-state index in [0.717, 1.165) is 61.2 Å². The molecule has 0 unspecified atom stereocenters. The van der Waals surface area contributed by atoms with E-state index < -0.39 is 0 Å². The predicted molar refractivity (Wildman–Crippen MR) is 210 cm³/mol. The van der Waals surface area contributed by atoms with Gasteiger partial charge in [-0.05, 0) is 87.6 Å². The molecule has 10 aromatic rings. The number of hydrogen-bond acceptors (Lipinski definition) is 4. The Balaban J connectivity index is 1.09.